The van der Waals surface area contributed by atoms with E-state index in [9.17, 15) is 8.42 Å². The van der Waals surface area contributed by atoms with Crippen LogP contribution >= 0.6 is 0 Å². The molecular weight excluding hydrogens is 280 g/mol. The van der Waals surface area contributed by atoms with Gasteiger partial charge in [0.25, 0.3) is 0 Å². The molecule has 1 aromatic carbocycles. The van der Waals surface area contributed by atoms with E-state index in [1.807, 2.05) is 30.3 Å². The first-order chi connectivity index (χ1) is 10.1. The number of hydrogen-bond donors (Lipinski definition) is 0. The molecular formula is C18H24O2S. The third-order valence-corrected chi connectivity index (χ3v) is 8.71. The predicted molar refractivity (Wildman–Crippen MR) is 84.8 cm³/mol. The van der Waals surface area contributed by atoms with E-state index in [-0.39, 0.29) is 4.75 Å². The third kappa shape index (κ3) is 2.34. The van der Waals surface area contributed by atoms with Crippen molar-refractivity contribution < 1.29 is 8.42 Å². The maximum absolute atomic E-state index is 13.1. The summed E-state index contributed by atoms with van der Waals surface area (Å²) in [5.41, 5.74) is 1.14. The van der Waals surface area contributed by atoms with Crippen molar-refractivity contribution in [2.24, 2.45) is 17.8 Å². The lowest BCUT2D eigenvalue weighted by Gasteiger charge is -2.56. The quantitative estimate of drug-likeness (QED) is 0.851. The van der Waals surface area contributed by atoms with Crippen molar-refractivity contribution >= 4 is 9.84 Å². The Morgan fingerprint density at radius 1 is 0.905 bits per heavy atom. The molecule has 2 nitrogen and oxygen atoms in total. The van der Waals surface area contributed by atoms with Crippen LogP contribution in [0.25, 0.3) is 0 Å². The van der Waals surface area contributed by atoms with Crippen molar-refractivity contribution in [1.82, 2.24) is 0 Å². The van der Waals surface area contributed by atoms with Crippen molar-refractivity contribution in [3.63, 3.8) is 0 Å². The van der Waals surface area contributed by atoms with Gasteiger partial charge in [-0.1, -0.05) is 30.3 Å². The Hall–Kier alpha value is -0.830. The summed E-state index contributed by atoms with van der Waals surface area (Å²) in [6, 6.07) is 10.0. The largest absolute Gasteiger partial charge is 0.228 e. The molecule has 5 rings (SSSR count). The van der Waals surface area contributed by atoms with Gasteiger partial charge in [0.1, 0.15) is 0 Å². The molecule has 0 unspecified atom stereocenters. The monoisotopic (exact) mass is 304 g/mol. The summed E-state index contributed by atoms with van der Waals surface area (Å²) in [6.45, 7) is 0. The van der Waals surface area contributed by atoms with Gasteiger partial charge in [-0.3, -0.25) is 0 Å². The van der Waals surface area contributed by atoms with Gasteiger partial charge in [0.2, 0.25) is 0 Å². The fourth-order valence-corrected chi connectivity index (χ4v) is 7.93. The minimum Gasteiger partial charge on any atom is -0.228 e. The SMILES string of the molecule is O=S(=O)(CCc1ccccc1)C12CC3CC(CC(C3)C1)C2. The molecule has 4 aliphatic rings. The molecule has 0 spiro atoms. The van der Waals surface area contributed by atoms with Gasteiger partial charge in [0.05, 0.1) is 10.5 Å². The summed E-state index contributed by atoms with van der Waals surface area (Å²) >= 11 is 0. The molecule has 4 saturated carbocycles. The highest BCUT2D eigenvalue weighted by Gasteiger charge is 2.56. The van der Waals surface area contributed by atoms with Crippen LogP contribution in [-0.2, 0) is 16.3 Å². The Bertz CT molecular complexity index is 583. The van der Waals surface area contributed by atoms with E-state index >= 15 is 0 Å². The van der Waals surface area contributed by atoms with Crippen molar-refractivity contribution in [1.29, 1.82) is 0 Å². The molecule has 0 N–H and O–H groups in total. The molecule has 0 aromatic heterocycles. The van der Waals surface area contributed by atoms with Crippen molar-refractivity contribution in [3.8, 4) is 0 Å². The molecule has 0 heterocycles. The molecule has 114 valence electrons. The van der Waals surface area contributed by atoms with E-state index in [4.69, 9.17) is 0 Å². The Morgan fingerprint density at radius 2 is 1.43 bits per heavy atom. The summed E-state index contributed by atoms with van der Waals surface area (Å²) < 4.78 is 25.8. The smallest absolute Gasteiger partial charge is 0.156 e. The van der Waals surface area contributed by atoms with Crippen molar-refractivity contribution in [3.05, 3.63) is 35.9 Å². The first-order valence-electron chi connectivity index (χ1n) is 8.33. The third-order valence-electron chi connectivity index (χ3n) is 6.14. The Balaban J connectivity index is 1.54. The molecule has 3 heteroatoms. The maximum atomic E-state index is 13.1. The second-order valence-electron chi connectivity index (χ2n) is 7.66. The molecule has 0 atom stereocenters. The molecule has 0 saturated heterocycles. The Labute approximate surface area is 127 Å². The zero-order valence-electron chi connectivity index (χ0n) is 12.5. The second-order valence-corrected chi connectivity index (χ2v) is 10.2. The number of benzene rings is 1. The molecule has 4 bridgehead atoms. The number of aryl methyl sites for hydroxylation is 1. The first kappa shape index (κ1) is 13.8. The average molecular weight is 304 g/mol. The maximum Gasteiger partial charge on any atom is 0.156 e. The number of sulfone groups is 1. The van der Waals surface area contributed by atoms with E-state index in [0.29, 0.717) is 29.9 Å². The molecule has 4 aliphatic carbocycles. The highest BCUT2D eigenvalue weighted by Crippen LogP contribution is 2.58. The van der Waals surface area contributed by atoms with Crippen LogP contribution in [-0.4, -0.2) is 18.9 Å². The summed E-state index contributed by atoms with van der Waals surface area (Å²) in [5, 5.41) is 0. The Kier molecular flexibility index (Phi) is 3.18. The topological polar surface area (TPSA) is 34.1 Å². The number of rotatable bonds is 4. The number of hydrogen-bond acceptors (Lipinski definition) is 2. The molecule has 0 aliphatic heterocycles. The summed E-state index contributed by atoms with van der Waals surface area (Å²) in [7, 11) is -2.98. The summed E-state index contributed by atoms with van der Waals surface area (Å²) in [6.07, 6.45) is 7.43. The van der Waals surface area contributed by atoms with Gasteiger partial charge < -0.3 is 0 Å². The van der Waals surface area contributed by atoms with Gasteiger partial charge in [0.15, 0.2) is 9.84 Å². The van der Waals surface area contributed by atoms with Crippen LogP contribution in [0.4, 0.5) is 0 Å². The lowest BCUT2D eigenvalue weighted by atomic mass is 9.56. The van der Waals surface area contributed by atoms with Gasteiger partial charge >= 0.3 is 0 Å². The zero-order chi connectivity index (χ0) is 14.5. The lowest BCUT2D eigenvalue weighted by molar-refractivity contribution is 0.0339. The lowest BCUT2D eigenvalue weighted by Crippen LogP contribution is -2.55. The molecule has 0 amide bonds. The van der Waals surface area contributed by atoms with Crippen LogP contribution in [0.1, 0.15) is 44.1 Å². The minimum absolute atomic E-state index is 0.336. The van der Waals surface area contributed by atoms with E-state index < -0.39 is 9.84 Å². The highest BCUT2D eigenvalue weighted by atomic mass is 32.2. The molecule has 1 aromatic rings. The standard InChI is InChI=1S/C18H24O2S/c19-21(20,7-6-14-4-2-1-3-5-14)18-11-15-8-16(12-18)10-17(9-15)13-18/h1-5,15-17H,6-13H2. The second kappa shape index (κ2) is 4.84. The van der Waals surface area contributed by atoms with Crippen LogP contribution in [0, 0.1) is 17.8 Å². The van der Waals surface area contributed by atoms with Crippen molar-refractivity contribution in [2.75, 3.05) is 5.75 Å². The van der Waals surface area contributed by atoms with Crippen LogP contribution in [0.5, 0.6) is 0 Å². The van der Waals surface area contributed by atoms with Crippen LogP contribution in [0.2, 0.25) is 0 Å². The van der Waals surface area contributed by atoms with E-state index in [1.165, 1.54) is 19.3 Å². The molecule has 0 radical (unpaired) electrons. The van der Waals surface area contributed by atoms with Crippen molar-refractivity contribution in [2.45, 2.75) is 49.7 Å². The molecule has 4 fully saturated rings. The van der Waals surface area contributed by atoms with Gasteiger partial charge in [-0.05, 0) is 68.3 Å². The Morgan fingerprint density at radius 3 is 1.95 bits per heavy atom. The average Bonchev–Trinajstić information content (AvgIpc) is 2.45. The van der Waals surface area contributed by atoms with Crippen LogP contribution in [0.3, 0.4) is 0 Å². The first-order valence-corrected chi connectivity index (χ1v) is 9.98. The zero-order valence-corrected chi connectivity index (χ0v) is 13.3. The van der Waals surface area contributed by atoms with E-state index in [1.54, 1.807) is 0 Å². The van der Waals surface area contributed by atoms with Gasteiger partial charge in [0, 0.05) is 0 Å². The predicted octanol–water partition coefficient (Wildman–Crippen LogP) is 3.61. The minimum atomic E-state index is -2.98. The van der Waals surface area contributed by atoms with E-state index in [0.717, 1.165) is 24.8 Å². The normalized spacial score (nSPS) is 37.8. The molecule has 21 heavy (non-hydrogen) atoms. The fourth-order valence-electron chi connectivity index (χ4n) is 5.53. The van der Waals surface area contributed by atoms with Gasteiger partial charge in [-0.2, -0.15) is 0 Å². The highest BCUT2D eigenvalue weighted by molar-refractivity contribution is 7.92. The fraction of sp³-hybridized carbons (Fsp3) is 0.667. The summed E-state index contributed by atoms with van der Waals surface area (Å²) in [4.78, 5) is 0. The van der Waals surface area contributed by atoms with E-state index in [2.05, 4.69) is 0 Å². The van der Waals surface area contributed by atoms with Gasteiger partial charge in [-0.15, -0.1) is 0 Å². The van der Waals surface area contributed by atoms with Crippen LogP contribution in [0.15, 0.2) is 30.3 Å². The summed E-state index contributed by atoms with van der Waals surface area (Å²) in [5.74, 6) is 2.43. The van der Waals surface area contributed by atoms with Crippen LogP contribution < -0.4 is 0 Å². The van der Waals surface area contributed by atoms with Gasteiger partial charge in [-0.25, -0.2) is 8.42 Å².